The zero-order valence-electron chi connectivity index (χ0n) is 10.7. The van der Waals surface area contributed by atoms with Crippen molar-refractivity contribution in [2.45, 2.75) is 45.6 Å². The molecular weight excluding hydrogens is 212 g/mol. The van der Waals surface area contributed by atoms with E-state index >= 15 is 0 Å². The fourth-order valence-electron chi connectivity index (χ4n) is 2.42. The molecule has 94 valence electrons. The Morgan fingerprint density at radius 1 is 1.35 bits per heavy atom. The van der Waals surface area contributed by atoms with Gasteiger partial charge >= 0.3 is 0 Å². The predicted molar refractivity (Wildman–Crippen MR) is 69.9 cm³/mol. The van der Waals surface area contributed by atoms with E-state index in [0.717, 1.165) is 30.2 Å². The summed E-state index contributed by atoms with van der Waals surface area (Å²) in [5.41, 5.74) is 8.04. The van der Waals surface area contributed by atoms with Crippen LogP contribution in [0.5, 0.6) is 0 Å². The molecular formula is C13H22N4. The monoisotopic (exact) mass is 234 g/mol. The summed E-state index contributed by atoms with van der Waals surface area (Å²) < 4.78 is 0. The zero-order valence-corrected chi connectivity index (χ0v) is 10.7. The van der Waals surface area contributed by atoms with Crippen LogP contribution in [0.15, 0.2) is 6.20 Å². The molecule has 2 atom stereocenters. The molecule has 17 heavy (non-hydrogen) atoms. The van der Waals surface area contributed by atoms with Gasteiger partial charge < -0.3 is 11.1 Å². The number of aromatic nitrogens is 2. The largest absolute Gasteiger partial charge is 0.368 e. The first-order chi connectivity index (χ1) is 8.16. The van der Waals surface area contributed by atoms with Crippen molar-refractivity contribution in [3.05, 3.63) is 17.6 Å². The number of anilines is 1. The molecule has 1 aromatic heterocycles. The lowest BCUT2D eigenvalue weighted by molar-refractivity contribution is 0.321. The minimum atomic E-state index is 0.342. The quantitative estimate of drug-likeness (QED) is 0.840. The highest BCUT2D eigenvalue weighted by Crippen LogP contribution is 2.23. The summed E-state index contributed by atoms with van der Waals surface area (Å²) in [6, 6.07) is 0.342. The Bertz CT molecular complexity index is 378. The van der Waals surface area contributed by atoms with Gasteiger partial charge in [-0.15, -0.1) is 0 Å². The number of nitrogens with one attached hydrogen (secondary N) is 1. The lowest BCUT2D eigenvalue weighted by atomic mass is 9.85. The topological polar surface area (TPSA) is 63.8 Å². The smallest absolute Gasteiger partial charge is 0.147 e. The van der Waals surface area contributed by atoms with Crippen molar-refractivity contribution in [2.24, 2.45) is 11.7 Å². The normalized spacial score (nSPS) is 24.6. The van der Waals surface area contributed by atoms with E-state index in [0.29, 0.717) is 12.0 Å². The first-order valence-electron chi connectivity index (χ1n) is 6.46. The molecule has 1 fully saturated rings. The number of nitrogens with zero attached hydrogens (tertiary/aromatic N) is 2. The van der Waals surface area contributed by atoms with Gasteiger partial charge in [-0.25, -0.2) is 4.98 Å². The summed E-state index contributed by atoms with van der Waals surface area (Å²) in [7, 11) is 0. The Morgan fingerprint density at radius 2 is 2.12 bits per heavy atom. The molecule has 3 N–H and O–H groups in total. The summed E-state index contributed by atoms with van der Waals surface area (Å²) >= 11 is 0. The number of nitrogens with two attached hydrogens (primary N) is 1. The van der Waals surface area contributed by atoms with E-state index in [1.54, 1.807) is 6.20 Å². The molecule has 2 unspecified atom stereocenters. The summed E-state index contributed by atoms with van der Waals surface area (Å²) in [5.74, 6) is 1.48. The molecule has 2 rings (SSSR count). The SMILES string of the molecule is Cc1cnc(C)c(NCC2CCCCC2N)n1. The fourth-order valence-corrected chi connectivity index (χ4v) is 2.42. The Morgan fingerprint density at radius 3 is 2.88 bits per heavy atom. The van der Waals surface area contributed by atoms with Crippen molar-refractivity contribution in [2.75, 3.05) is 11.9 Å². The van der Waals surface area contributed by atoms with Crippen LogP contribution < -0.4 is 11.1 Å². The Balaban J connectivity index is 1.94. The van der Waals surface area contributed by atoms with Crippen molar-refractivity contribution < 1.29 is 0 Å². The van der Waals surface area contributed by atoms with E-state index in [2.05, 4.69) is 15.3 Å². The van der Waals surface area contributed by atoms with Crippen LogP contribution in [-0.4, -0.2) is 22.6 Å². The first-order valence-corrected chi connectivity index (χ1v) is 6.46. The second-order valence-electron chi connectivity index (χ2n) is 5.03. The van der Waals surface area contributed by atoms with Gasteiger partial charge in [0.15, 0.2) is 0 Å². The fraction of sp³-hybridized carbons (Fsp3) is 0.692. The van der Waals surface area contributed by atoms with Gasteiger partial charge in [0, 0.05) is 18.8 Å². The van der Waals surface area contributed by atoms with Crippen molar-refractivity contribution in [3.63, 3.8) is 0 Å². The third kappa shape index (κ3) is 3.16. The highest BCUT2D eigenvalue weighted by molar-refractivity contribution is 5.39. The van der Waals surface area contributed by atoms with Gasteiger partial charge in [-0.3, -0.25) is 4.98 Å². The van der Waals surface area contributed by atoms with Gasteiger partial charge in [0.2, 0.25) is 0 Å². The van der Waals surface area contributed by atoms with Crippen LogP contribution in [0, 0.1) is 19.8 Å². The number of hydrogen-bond acceptors (Lipinski definition) is 4. The molecule has 0 radical (unpaired) electrons. The van der Waals surface area contributed by atoms with Crippen LogP contribution >= 0.6 is 0 Å². The minimum absolute atomic E-state index is 0.342. The van der Waals surface area contributed by atoms with Gasteiger partial charge in [-0.2, -0.15) is 0 Å². The summed E-state index contributed by atoms with van der Waals surface area (Å²) in [6.45, 7) is 4.86. The van der Waals surface area contributed by atoms with Gasteiger partial charge in [-0.1, -0.05) is 12.8 Å². The van der Waals surface area contributed by atoms with Crippen molar-refractivity contribution >= 4 is 5.82 Å². The molecule has 1 saturated carbocycles. The molecule has 1 heterocycles. The number of hydrogen-bond donors (Lipinski definition) is 2. The lowest BCUT2D eigenvalue weighted by Gasteiger charge is -2.28. The van der Waals surface area contributed by atoms with Crippen LogP contribution in [0.2, 0.25) is 0 Å². The van der Waals surface area contributed by atoms with E-state index in [1.165, 1.54) is 19.3 Å². The average molecular weight is 234 g/mol. The van der Waals surface area contributed by atoms with E-state index < -0.39 is 0 Å². The first kappa shape index (κ1) is 12.3. The standard InChI is InChI=1S/C13H22N4/c1-9-7-15-10(2)13(17-9)16-8-11-5-3-4-6-12(11)14/h7,11-12H,3-6,8,14H2,1-2H3,(H,16,17). The Kier molecular flexibility index (Phi) is 3.94. The van der Waals surface area contributed by atoms with Crippen molar-refractivity contribution in [3.8, 4) is 0 Å². The van der Waals surface area contributed by atoms with Crippen LogP contribution in [0.3, 0.4) is 0 Å². The maximum atomic E-state index is 6.14. The minimum Gasteiger partial charge on any atom is -0.368 e. The number of aryl methyl sites for hydroxylation is 2. The van der Waals surface area contributed by atoms with Crippen LogP contribution in [0.1, 0.15) is 37.1 Å². The third-order valence-electron chi connectivity index (χ3n) is 3.58. The van der Waals surface area contributed by atoms with Gasteiger partial charge in [0.1, 0.15) is 5.82 Å². The molecule has 1 aliphatic carbocycles. The molecule has 4 heteroatoms. The average Bonchev–Trinajstić information content (AvgIpc) is 2.32. The maximum absolute atomic E-state index is 6.14. The van der Waals surface area contributed by atoms with Gasteiger partial charge in [0.05, 0.1) is 11.4 Å². The molecule has 1 aromatic rings. The van der Waals surface area contributed by atoms with Gasteiger partial charge in [0.25, 0.3) is 0 Å². The van der Waals surface area contributed by atoms with Crippen LogP contribution in [0.25, 0.3) is 0 Å². The molecule has 0 bridgehead atoms. The second-order valence-corrected chi connectivity index (χ2v) is 5.03. The molecule has 1 aliphatic rings. The van der Waals surface area contributed by atoms with E-state index in [4.69, 9.17) is 5.73 Å². The van der Waals surface area contributed by atoms with Gasteiger partial charge in [-0.05, 0) is 32.6 Å². The molecule has 0 saturated heterocycles. The summed E-state index contributed by atoms with van der Waals surface area (Å²) in [5, 5.41) is 3.40. The third-order valence-corrected chi connectivity index (χ3v) is 3.58. The van der Waals surface area contributed by atoms with Crippen LogP contribution in [0.4, 0.5) is 5.82 Å². The van der Waals surface area contributed by atoms with Crippen molar-refractivity contribution in [1.82, 2.24) is 9.97 Å². The van der Waals surface area contributed by atoms with Crippen LogP contribution in [-0.2, 0) is 0 Å². The van der Waals surface area contributed by atoms with Crippen molar-refractivity contribution in [1.29, 1.82) is 0 Å². The highest BCUT2D eigenvalue weighted by atomic mass is 15.0. The maximum Gasteiger partial charge on any atom is 0.147 e. The predicted octanol–water partition coefficient (Wildman–Crippen LogP) is 2.02. The highest BCUT2D eigenvalue weighted by Gasteiger charge is 2.21. The zero-order chi connectivity index (χ0) is 12.3. The second kappa shape index (κ2) is 5.45. The van der Waals surface area contributed by atoms with E-state index in [9.17, 15) is 0 Å². The Hall–Kier alpha value is -1.16. The molecule has 0 amide bonds. The molecule has 0 aromatic carbocycles. The van der Waals surface area contributed by atoms with E-state index in [1.807, 2.05) is 13.8 Å². The molecule has 0 aliphatic heterocycles. The molecule has 4 nitrogen and oxygen atoms in total. The summed E-state index contributed by atoms with van der Waals surface area (Å²) in [4.78, 5) is 8.77. The summed E-state index contributed by atoms with van der Waals surface area (Å²) in [6.07, 6.45) is 6.77. The number of rotatable bonds is 3. The lowest BCUT2D eigenvalue weighted by Crippen LogP contribution is -2.37. The van der Waals surface area contributed by atoms with E-state index in [-0.39, 0.29) is 0 Å². The Labute approximate surface area is 103 Å². The molecule has 0 spiro atoms.